The summed E-state index contributed by atoms with van der Waals surface area (Å²) in [6.07, 6.45) is 8.85. The van der Waals surface area contributed by atoms with Crippen molar-refractivity contribution in [1.82, 2.24) is 19.3 Å². The van der Waals surface area contributed by atoms with Crippen LogP contribution >= 0.6 is 0 Å². The number of fused-ring (bicyclic) bond motifs is 1. The van der Waals surface area contributed by atoms with Crippen LogP contribution in [0.3, 0.4) is 0 Å². The number of nitrogens with zero attached hydrogens (tertiary/aromatic N) is 4. The van der Waals surface area contributed by atoms with E-state index in [2.05, 4.69) is 10.1 Å². The molecule has 0 bridgehead atoms. The maximum absolute atomic E-state index is 15.0. The predicted octanol–water partition coefficient (Wildman–Crippen LogP) is 4.09. The Balaban J connectivity index is 1.55. The number of ether oxygens (including phenoxy) is 3. The molecule has 0 atom stereocenters. The molecule has 4 heterocycles. The number of aromatic nitrogens is 4. The van der Waals surface area contributed by atoms with E-state index in [1.807, 2.05) is 16.9 Å². The third kappa shape index (κ3) is 4.23. The van der Waals surface area contributed by atoms with Crippen LogP contribution in [0.2, 0.25) is 0 Å². The zero-order valence-electron chi connectivity index (χ0n) is 19.5. The maximum atomic E-state index is 15.0. The van der Waals surface area contributed by atoms with Crippen LogP contribution in [0.5, 0.6) is 11.5 Å². The van der Waals surface area contributed by atoms with Gasteiger partial charge in [0.1, 0.15) is 12.4 Å². The summed E-state index contributed by atoms with van der Waals surface area (Å²) >= 11 is 0. The lowest BCUT2D eigenvalue weighted by molar-refractivity contribution is 0.0662. The number of hydrogen-bond acceptors (Lipinski definition) is 6. The van der Waals surface area contributed by atoms with Gasteiger partial charge in [-0.2, -0.15) is 5.10 Å². The molecule has 8 nitrogen and oxygen atoms in total. The van der Waals surface area contributed by atoms with Crippen LogP contribution < -0.4 is 9.47 Å². The second-order valence-corrected chi connectivity index (χ2v) is 8.48. The minimum absolute atomic E-state index is 0.0821. The number of hydrogen-bond donors (Lipinski definition) is 1. The van der Waals surface area contributed by atoms with Gasteiger partial charge in [0.2, 0.25) is 0 Å². The zero-order chi connectivity index (χ0) is 24.5. The molecule has 3 aromatic heterocycles. The zero-order valence-corrected chi connectivity index (χ0v) is 19.5. The second kappa shape index (κ2) is 9.63. The number of pyridine rings is 1. The van der Waals surface area contributed by atoms with E-state index in [4.69, 9.17) is 14.2 Å². The number of benzene rings is 1. The van der Waals surface area contributed by atoms with Crippen molar-refractivity contribution in [1.29, 1.82) is 0 Å². The van der Waals surface area contributed by atoms with Crippen molar-refractivity contribution in [3.05, 3.63) is 59.7 Å². The topological polar surface area (TPSA) is 83.6 Å². The van der Waals surface area contributed by atoms with Gasteiger partial charge in [0.05, 0.1) is 26.5 Å². The SMILES string of the molecule is COc1cc(OC)c(F)c(Cc2cn(CO)c3ncc(-c4cnn(C5CCOCC5)c4)cc23)c1F. The first-order valence-electron chi connectivity index (χ1n) is 11.3. The van der Waals surface area contributed by atoms with Gasteiger partial charge in [0, 0.05) is 66.4 Å². The molecule has 1 aliphatic rings. The van der Waals surface area contributed by atoms with E-state index < -0.39 is 11.6 Å². The van der Waals surface area contributed by atoms with Crippen molar-refractivity contribution in [3.63, 3.8) is 0 Å². The van der Waals surface area contributed by atoms with E-state index >= 15 is 8.78 Å². The molecule has 184 valence electrons. The van der Waals surface area contributed by atoms with Crippen molar-refractivity contribution in [2.75, 3.05) is 27.4 Å². The fraction of sp³-hybridized carbons (Fsp3) is 0.360. The number of rotatable bonds is 7. The number of aliphatic hydroxyl groups is 1. The molecule has 5 rings (SSSR count). The predicted molar refractivity (Wildman–Crippen MR) is 125 cm³/mol. The first-order chi connectivity index (χ1) is 17.0. The molecule has 0 amide bonds. The van der Waals surface area contributed by atoms with Gasteiger partial charge >= 0.3 is 0 Å². The summed E-state index contributed by atoms with van der Waals surface area (Å²) in [5, 5.41) is 15.0. The van der Waals surface area contributed by atoms with Crippen molar-refractivity contribution in [3.8, 4) is 22.6 Å². The van der Waals surface area contributed by atoms with E-state index in [0.29, 0.717) is 29.8 Å². The molecule has 0 spiro atoms. The molecule has 0 aliphatic carbocycles. The van der Waals surface area contributed by atoms with E-state index in [0.717, 1.165) is 24.0 Å². The molecule has 1 fully saturated rings. The molecule has 1 saturated heterocycles. The van der Waals surface area contributed by atoms with Gasteiger partial charge in [-0.15, -0.1) is 0 Å². The molecule has 0 saturated carbocycles. The summed E-state index contributed by atoms with van der Waals surface area (Å²) in [6, 6.07) is 3.37. The van der Waals surface area contributed by atoms with Gasteiger partial charge in [-0.1, -0.05) is 0 Å². The third-order valence-electron chi connectivity index (χ3n) is 6.48. The van der Waals surface area contributed by atoms with Crippen molar-refractivity contribution >= 4 is 11.0 Å². The average molecular weight is 485 g/mol. The molecular weight excluding hydrogens is 458 g/mol. The lowest BCUT2D eigenvalue weighted by Gasteiger charge is -2.22. The number of methoxy groups -OCH3 is 2. The Bertz CT molecular complexity index is 1330. The van der Waals surface area contributed by atoms with Crippen LogP contribution in [0.25, 0.3) is 22.2 Å². The van der Waals surface area contributed by atoms with Crippen LogP contribution in [0.1, 0.15) is 30.0 Å². The minimum atomic E-state index is -0.794. The lowest BCUT2D eigenvalue weighted by atomic mass is 10.0. The summed E-state index contributed by atoms with van der Waals surface area (Å²) in [7, 11) is 2.63. The summed E-state index contributed by atoms with van der Waals surface area (Å²) in [6.45, 7) is 1.11. The highest BCUT2D eigenvalue weighted by molar-refractivity contribution is 5.85. The second-order valence-electron chi connectivity index (χ2n) is 8.48. The van der Waals surface area contributed by atoms with Crippen LogP contribution in [0.15, 0.2) is 36.9 Å². The fourth-order valence-electron chi connectivity index (χ4n) is 4.57. The van der Waals surface area contributed by atoms with E-state index in [1.165, 1.54) is 24.9 Å². The van der Waals surface area contributed by atoms with Gasteiger partial charge < -0.3 is 23.9 Å². The first kappa shape index (κ1) is 23.3. The summed E-state index contributed by atoms with van der Waals surface area (Å²) in [5.41, 5.74) is 2.63. The molecular formula is C25H26F2N4O4. The Morgan fingerprint density at radius 2 is 1.74 bits per heavy atom. The van der Waals surface area contributed by atoms with Gasteiger partial charge in [-0.3, -0.25) is 4.68 Å². The molecule has 1 aromatic carbocycles. The van der Waals surface area contributed by atoms with Crippen molar-refractivity contribution < 1.29 is 28.1 Å². The average Bonchev–Trinajstić information content (AvgIpc) is 3.52. The Labute approximate surface area is 200 Å². The lowest BCUT2D eigenvalue weighted by Crippen LogP contribution is -2.19. The maximum Gasteiger partial charge on any atom is 0.171 e. The summed E-state index contributed by atoms with van der Waals surface area (Å²) < 4.78 is 49.1. The van der Waals surface area contributed by atoms with Crippen LogP contribution in [0.4, 0.5) is 8.78 Å². The molecule has 10 heteroatoms. The summed E-state index contributed by atoms with van der Waals surface area (Å²) in [4.78, 5) is 4.53. The molecule has 0 unspecified atom stereocenters. The highest BCUT2D eigenvalue weighted by atomic mass is 19.1. The van der Waals surface area contributed by atoms with Gasteiger partial charge in [0.25, 0.3) is 0 Å². The van der Waals surface area contributed by atoms with Gasteiger partial charge in [0.15, 0.2) is 23.1 Å². The highest BCUT2D eigenvalue weighted by Crippen LogP contribution is 2.35. The van der Waals surface area contributed by atoms with E-state index in [9.17, 15) is 5.11 Å². The number of halogens is 2. The molecule has 1 N–H and O–H groups in total. The Morgan fingerprint density at radius 3 is 2.40 bits per heavy atom. The number of aliphatic hydroxyl groups excluding tert-OH is 1. The molecule has 35 heavy (non-hydrogen) atoms. The molecule has 1 aliphatic heterocycles. The monoisotopic (exact) mass is 484 g/mol. The molecule has 0 radical (unpaired) electrons. The highest BCUT2D eigenvalue weighted by Gasteiger charge is 2.23. The third-order valence-corrected chi connectivity index (χ3v) is 6.48. The molecule has 4 aromatic rings. The van der Waals surface area contributed by atoms with Crippen LogP contribution in [-0.2, 0) is 17.9 Å². The van der Waals surface area contributed by atoms with Gasteiger partial charge in [-0.05, 0) is 24.5 Å². The van der Waals surface area contributed by atoms with Crippen molar-refractivity contribution in [2.24, 2.45) is 0 Å². The van der Waals surface area contributed by atoms with E-state index in [-0.39, 0.29) is 36.3 Å². The Kier molecular flexibility index (Phi) is 6.40. The van der Waals surface area contributed by atoms with Crippen molar-refractivity contribution in [2.45, 2.75) is 32.0 Å². The summed E-state index contributed by atoms with van der Waals surface area (Å²) in [5.74, 6) is -1.80. The standard InChI is InChI=1S/C25H26F2N4O4/c1-33-21-9-22(34-2)24(27)20(23(21)26)8-16-12-30(14-32)25-19(16)7-15(10-28-25)17-11-29-31(13-17)18-3-5-35-6-4-18/h7,9-13,18,32H,3-6,8,14H2,1-2H3. The fourth-order valence-corrected chi connectivity index (χ4v) is 4.57. The normalized spacial score (nSPS) is 14.5. The van der Waals surface area contributed by atoms with Crippen LogP contribution in [-0.4, -0.2) is 51.9 Å². The largest absolute Gasteiger partial charge is 0.494 e. The van der Waals surface area contributed by atoms with E-state index in [1.54, 1.807) is 18.6 Å². The first-order valence-corrected chi connectivity index (χ1v) is 11.3. The Morgan fingerprint density at radius 1 is 1.03 bits per heavy atom. The van der Waals surface area contributed by atoms with Crippen LogP contribution in [0, 0.1) is 11.6 Å². The Hall–Kier alpha value is -3.50. The smallest absolute Gasteiger partial charge is 0.171 e. The quantitative estimate of drug-likeness (QED) is 0.426. The van der Waals surface area contributed by atoms with Gasteiger partial charge in [-0.25, -0.2) is 13.8 Å². The minimum Gasteiger partial charge on any atom is -0.494 e.